The van der Waals surface area contributed by atoms with Gasteiger partial charge in [-0.15, -0.1) is 0 Å². The minimum absolute atomic E-state index is 0.119. The molecule has 1 heterocycles. The van der Waals surface area contributed by atoms with Crippen molar-refractivity contribution in [3.05, 3.63) is 36.0 Å². The highest BCUT2D eigenvalue weighted by Crippen LogP contribution is 2.17. The van der Waals surface area contributed by atoms with E-state index >= 15 is 0 Å². The zero-order valence-electron chi connectivity index (χ0n) is 12.4. The Kier molecular flexibility index (Phi) is 6.09. The van der Waals surface area contributed by atoms with Crippen LogP contribution in [0, 0.1) is 0 Å². The zero-order chi connectivity index (χ0) is 14.9. The van der Waals surface area contributed by atoms with Crippen LogP contribution in [0.15, 0.2) is 30.5 Å². The normalized spacial score (nSPS) is 10.7. The number of rotatable bonds is 8. The van der Waals surface area contributed by atoms with Gasteiger partial charge < -0.3 is 20.4 Å². The van der Waals surface area contributed by atoms with Gasteiger partial charge in [0.15, 0.2) is 0 Å². The number of benzene rings is 1. The van der Waals surface area contributed by atoms with E-state index in [0.717, 1.165) is 25.0 Å². The second-order valence-electron chi connectivity index (χ2n) is 4.84. The smallest absolute Gasteiger partial charge is 0.314 e. The molecular weight excluding hydrogens is 266 g/mol. The largest absolute Gasteiger partial charge is 0.382 e. The maximum absolute atomic E-state index is 11.6. The molecule has 0 spiro atoms. The lowest BCUT2D eigenvalue weighted by atomic mass is 10.1. The molecule has 0 radical (unpaired) electrons. The maximum Gasteiger partial charge on any atom is 0.314 e. The van der Waals surface area contributed by atoms with E-state index < -0.39 is 0 Å². The van der Waals surface area contributed by atoms with Crippen LogP contribution >= 0.6 is 0 Å². The Bertz CT molecular complexity index is 565. The van der Waals surface area contributed by atoms with Crippen LogP contribution in [-0.4, -0.2) is 37.3 Å². The number of urea groups is 1. The minimum Gasteiger partial charge on any atom is -0.382 e. The summed E-state index contributed by atoms with van der Waals surface area (Å²) < 4.78 is 5.21. The molecule has 0 aliphatic heterocycles. The summed E-state index contributed by atoms with van der Waals surface area (Å²) >= 11 is 0. The molecule has 2 rings (SSSR count). The summed E-state index contributed by atoms with van der Waals surface area (Å²) in [5.74, 6) is 0. The number of ether oxygens (including phenoxy) is 1. The molecule has 0 fully saturated rings. The fourth-order valence-electron chi connectivity index (χ4n) is 2.23. The molecule has 0 bridgehead atoms. The first kappa shape index (κ1) is 15.4. The standard InChI is InChI=1S/C16H23N3O2/c1-2-21-11-5-9-17-16(20)18-10-8-13-12-19-15-7-4-3-6-14(13)15/h3-4,6-7,12,19H,2,5,8-11H2,1H3,(H2,17,18,20). The molecule has 1 aromatic heterocycles. The summed E-state index contributed by atoms with van der Waals surface area (Å²) in [4.78, 5) is 14.8. The Morgan fingerprint density at radius 2 is 2.05 bits per heavy atom. The van der Waals surface area contributed by atoms with Crippen LogP contribution in [0.5, 0.6) is 0 Å². The number of hydrogen-bond donors (Lipinski definition) is 3. The van der Waals surface area contributed by atoms with E-state index in [4.69, 9.17) is 4.74 Å². The van der Waals surface area contributed by atoms with Crippen molar-refractivity contribution in [2.75, 3.05) is 26.3 Å². The van der Waals surface area contributed by atoms with Gasteiger partial charge in [0.1, 0.15) is 0 Å². The second-order valence-corrected chi connectivity index (χ2v) is 4.84. The number of nitrogens with one attached hydrogen (secondary N) is 3. The fraction of sp³-hybridized carbons (Fsp3) is 0.438. The quantitative estimate of drug-likeness (QED) is 0.653. The van der Waals surface area contributed by atoms with Crippen molar-refractivity contribution in [2.24, 2.45) is 0 Å². The van der Waals surface area contributed by atoms with E-state index in [1.165, 1.54) is 10.9 Å². The number of carbonyl (C=O) groups excluding carboxylic acids is 1. The van der Waals surface area contributed by atoms with Crippen LogP contribution in [0.3, 0.4) is 0 Å². The van der Waals surface area contributed by atoms with Gasteiger partial charge in [-0.1, -0.05) is 18.2 Å². The number of H-pyrrole nitrogens is 1. The average Bonchev–Trinajstić information content (AvgIpc) is 2.91. The Labute approximate surface area is 125 Å². The summed E-state index contributed by atoms with van der Waals surface area (Å²) in [6.07, 6.45) is 3.66. The highest BCUT2D eigenvalue weighted by molar-refractivity contribution is 5.83. The molecule has 21 heavy (non-hydrogen) atoms. The molecule has 5 nitrogen and oxygen atoms in total. The summed E-state index contributed by atoms with van der Waals surface area (Å²) in [7, 11) is 0. The van der Waals surface area contributed by atoms with Crippen molar-refractivity contribution >= 4 is 16.9 Å². The summed E-state index contributed by atoms with van der Waals surface area (Å²) in [6, 6.07) is 8.06. The van der Waals surface area contributed by atoms with Gasteiger partial charge in [0.05, 0.1) is 0 Å². The van der Waals surface area contributed by atoms with Crippen LogP contribution in [0.4, 0.5) is 4.79 Å². The van der Waals surface area contributed by atoms with Gasteiger partial charge in [-0.3, -0.25) is 0 Å². The van der Waals surface area contributed by atoms with E-state index in [0.29, 0.717) is 19.7 Å². The SMILES string of the molecule is CCOCCCNC(=O)NCCc1c[nH]c2ccccc12. The minimum atomic E-state index is -0.119. The van der Waals surface area contributed by atoms with Gasteiger partial charge in [-0.05, 0) is 31.4 Å². The van der Waals surface area contributed by atoms with E-state index in [-0.39, 0.29) is 6.03 Å². The highest BCUT2D eigenvalue weighted by Gasteiger charge is 2.04. The van der Waals surface area contributed by atoms with Crippen LogP contribution in [0.25, 0.3) is 10.9 Å². The molecule has 2 aromatic rings. The lowest BCUT2D eigenvalue weighted by Crippen LogP contribution is -2.37. The Balaban J connectivity index is 1.66. The molecule has 0 saturated carbocycles. The third-order valence-corrected chi connectivity index (χ3v) is 3.31. The van der Waals surface area contributed by atoms with Gasteiger partial charge in [0, 0.05) is 43.4 Å². The molecule has 0 aliphatic rings. The van der Waals surface area contributed by atoms with Gasteiger partial charge in [0.2, 0.25) is 0 Å². The van der Waals surface area contributed by atoms with E-state index in [9.17, 15) is 4.79 Å². The predicted molar refractivity (Wildman–Crippen MR) is 84.5 cm³/mol. The maximum atomic E-state index is 11.6. The predicted octanol–water partition coefficient (Wildman–Crippen LogP) is 2.44. The van der Waals surface area contributed by atoms with Crippen molar-refractivity contribution in [1.82, 2.24) is 15.6 Å². The van der Waals surface area contributed by atoms with Gasteiger partial charge in [-0.25, -0.2) is 4.79 Å². The van der Waals surface area contributed by atoms with Crippen molar-refractivity contribution in [1.29, 1.82) is 0 Å². The molecule has 0 aliphatic carbocycles. The van der Waals surface area contributed by atoms with Crippen LogP contribution < -0.4 is 10.6 Å². The summed E-state index contributed by atoms with van der Waals surface area (Å²) in [5, 5.41) is 6.91. The number of aromatic amines is 1. The molecule has 1 aromatic carbocycles. The number of carbonyl (C=O) groups is 1. The molecular formula is C16H23N3O2. The number of aromatic nitrogens is 1. The second kappa shape index (κ2) is 8.32. The van der Waals surface area contributed by atoms with Crippen molar-refractivity contribution in [3.8, 4) is 0 Å². The van der Waals surface area contributed by atoms with Crippen LogP contribution in [0.2, 0.25) is 0 Å². The van der Waals surface area contributed by atoms with Crippen LogP contribution in [-0.2, 0) is 11.2 Å². The van der Waals surface area contributed by atoms with Gasteiger partial charge >= 0.3 is 6.03 Å². The van der Waals surface area contributed by atoms with E-state index in [2.05, 4.69) is 27.8 Å². The summed E-state index contributed by atoms with van der Waals surface area (Å²) in [6.45, 7) is 4.63. The van der Waals surface area contributed by atoms with E-state index in [1.807, 2.05) is 25.3 Å². The van der Waals surface area contributed by atoms with Gasteiger partial charge in [0.25, 0.3) is 0 Å². The average molecular weight is 289 g/mol. The highest BCUT2D eigenvalue weighted by atomic mass is 16.5. The third-order valence-electron chi connectivity index (χ3n) is 3.31. The van der Waals surface area contributed by atoms with Crippen LogP contribution in [0.1, 0.15) is 18.9 Å². The Morgan fingerprint density at radius 3 is 2.90 bits per heavy atom. The fourth-order valence-corrected chi connectivity index (χ4v) is 2.23. The number of fused-ring (bicyclic) bond motifs is 1. The molecule has 0 unspecified atom stereocenters. The topological polar surface area (TPSA) is 66.2 Å². The Hall–Kier alpha value is -2.01. The molecule has 0 saturated heterocycles. The third kappa shape index (κ3) is 4.79. The number of para-hydroxylation sites is 1. The van der Waals surface area contributed by atoms with Gasteiger partial charge in [-0.2, -0.15) is 0 Å². The lowest BCUT2D eigenvalue weighted by Gasteiger charge is -2.07. The first-order valence-corrected chi connectivity index (χ1v) is 7.45. The molecule has 0 atom stereocenters. The van der Waals surface area contributed by atoms with Crippen molar-refractivity contribution in [2.45, 2.75) is 19.8 Å². The van der Waals surface area contributed by atoms with Crippen molar-refractivity contribution in [3.63, 3.8) is 0 Å². The zero-order valence-corrected chi connectivity index (χ0v) is 12.4. The number of hydrogen-bond acceptors (Lipinski definition) is 2. The number of amides is 2. The summed E-state index contributed by atoms with van der Waals surface area (Å²) in [5.41, 5.74) is 2.36. The monoisotopic (exact) mass is 289 g/mol. The first-order chi connectivity index (χ1) is 10.3. The Morgan fingerprint density at radius 1 is 1.24 bits per heavy atom. The molecule has 3 N–H and O–H groups in total. The molecule has 2 amide bonds. The van der Waals surface area contributed by atoms with E-state index in [1.54, 1.807) is 0 Å². The molecule has 5 heteroatoms. The first-order valence-electron chi connectivity index (χ1n) is 7.45. The lowest BCUT2D eigenvalue weighted by molar-refractivity contribution is 0.145. The van der Waals surface area contributed by atoms with Crippen molar-refractivity contribution < 1.29 is 9.53 Å². The molecule has 114 valence electrons.